The Morgan fingerprint density at radius 3 is 2.73 bits per heavy atom. The average molecular weight is 425 g/mol. The lowest BCUT2D eigenvalue weighted by Crippen LogP contribution is -2.32. The standard InChI is InChI=1S/C21H24N6O2S/c1-14-8-10-26(11-9-14)13-19-15(2)22-21(30-19)23-20-7-6-18(24-25-20)16-4-3-5-17(12-16)27(28)29/h3-7,12,14H,8-11,13H2,1-2H3,(H,22,23,25). The summed E-state index contributed by atoms with van der Waals surface area (Å²) in [5.41, 5.74) is 2.32. The van der Waals surface area contributed by atoms with Crippen LogP contribution >= 0.6 is 11.3 Å². The Labute approximate surface area is 179 Å². The molecule has 0 aliphatic carbocycles. The van der Waals surface area contributed by atoms with Crippen LogP contribution in [-0.2, 0) is 6.54 Å². The van der Waals surface area contributed by atoms with Crippen LogP contribution in [0.4, 0.5) is 16.6 Å². The molecule has 1 N–H and O–H groups in total. The SMILES string of the molecule is Cc1nc(Nc2ccc(-c3cccc([N+](=O)[O-])c3)nn2)sc1CN1CCC(C)CC1. The van der Waals surface area contributed by atoms with E-state index in [-0.39, 0.29) is 5.69 Å². The van der Waals surface area contributed by atoms with Crippen molar-refractivity contribution in [3.8, 4) is 11.3 Å². The molecule has 3 heterocycles. The lowest BCUT2D eigenvalue weighted by molar-refractivity contribution is -0.384. The van der Waals surface area contributed by atoms with Gasteiger partial charge in [-0.05, 0) is 50.9 Å². The predicted molar refractivity (Wildman–Crippen MR) is 118 cm³/mol. The molecule has 156 valence electrons. The van der Waals surface area contributed by atoms with Gasteiger partial charge in [0.05, 0.1) is 16.3 Å². The number of hydrogen-bond donors (Lipinski definition) is 1. The zero-order valence-corrected chi connectivity index (χ0v) is 17.9. The van der Waals surface area contributed by atoms with E-state index >= 15 is 0 Å². The summed E-state index contributed by atoms with van der Waals surface area (Å²) >= 11 is 1.65. The van der Waals surface area contributed by atoms with Crippen molar-refractivity contribution >= 4 is 28.0 Å². The highest BCUT2D eigenvalue weighted by atomic mass is 32.1. The molecule has 1 aliphatic heterocycles. The molecule has 0 bridgehead atoms. The summed E-state index contributed by atoms with van der Waals surface area (Å²) in [5.74, 6) is 1.42. The molecule has 3 aromatic rings. The van der Waals surface area contributed by atoms with Gasteiger partial charge in [-0.1, -0.05) is 19.1 Å². The third kappa shape index (κ3) is 4.80. The Hall–Kier alpha value is -2.91. The maximum Gasteiger partial charge on any atom is 0.270 e. The number of nitro groups is 1. The molecule has 1 fully saturated rings. The van der Waals surface area contributed by atoms with Crippen LogP contribution in [0.2, 0.25) is 0 Å². The maximum atomic E-state index is 11.0. The van der Waals surface area contributed by atoms with Crippen LogP contribution in [0.3, 0.4) is 0 Å². The molecule has 8 nitrogen and oxygen atoms in total. The van der Waals surface area contributed by atoms with E-state index in [1.54, 1.807) is 29.5 Å². The molecule has 0 radical (unpaired) electrons. The van der Waals surface area contributed by atoms with Gasteiger partial charge in [0.2, 0.25) is 0 Å². The highest BCUT2D eigenvalue weighted by molar-refractivity contribution is 7.15. The number of nitrogens with zero attached hydrogens (tertiary/aromatic N) is 5. The van der Waals surface area contributed by atoms with Crippen LogP contribution in [0.15, 0.2) is 36.4 Å². The van der Waals surface area contributed by atoms with E-state index in [9.17, 15) is 10.1 Å². The van der Waals surface area contributed by atoms with Gasteiger partial charge in [-0.2, -0.15) is 0 Å². The summed E-state index contributed by atoms with van der Waals surface area (Å²) in [4.78, 5) is 19.0. The molecule has 2 aromatic heterocycles. The minimum Gasteiger partial charge on any atom is -0.315 e. The van der Waals surface area contributed by atoms with E-state index in [1.165, 1.54) is 29.9 Å². The summed E-state index contributed by atoms with van der Waals surface area (Å²) in [6.07, 6.45) is 2.52. The third-order valence-corrected chi connectivity index (χ3v) is 6.45. The number of aromatic nitrogens is 3. The molecular weight excluding hydrogens is 400 g/mol. The highest BCUT2D eigenvalue weighted by Gasteiger charge is 2.18. The van der Waals surface area contributed by atoms with Gasteiger partial charge in [0.15, 0.2) is 10.9 Å². The normalized spacial score (nSPS) is 15.3. The van der Waals surface area contributed by atoms with E-state index in [4.69, 9.17) is 0 Å². The average Bonchev–Trinajstić information content (AvgIpc) is 3.09. The fourth-order valence-corrected chi connectivity index (χ4v) is 4.50. The van der Waals surface area contributed by atoms with Crippen molar-refractivity contribution in [1.82, 2.24) is 20.1 Å². The first-order valence-corrected chi connectivity index (χ1v) is 10.8. The number of hydrogen-bond acceptors (Lipinski definition) is 8. The van der Waals surface area contributed by atoms with Crippen molar-refractivity contribution in [2.75, 3.05) is 18.4 Å². The second kappa shape index (κ2) is 8.85. The molecular formula is C21H24N6O2S. The number of anilines is 2. The Kier molecular flexibility index (Phi) is 6.01. The summed E-state index contributed by atoms with van der Waals surface area (Å²) in [5, 5.41) is 23.4. The van der Waals surface area contributed by atoms with Crippen molar-refractivity contribution in [3.63, 3.8) is 0 Å². The lowest BCUT2D eigenvalue weighted by Gasteiger charge is -2.29. The molecule has 30 heavy (non-hydrogen) atoms. The summed E-state index contributed by atoms with van der Waals surface area (Å²) in [6, 6.07) is 9.98. The summed E-state index contributed by atoms with van der Waals surface area (Å²) in [6.45, 7) is 7.59. The topological polar surface area (TPSA) is 97.1 Å². The molecule has 0 saturated carbocycles. The van der Waals surface area contributed by atoms with Gasteiger partial charge in [-0.25, -0.2) is 4.98 Å². The Bertz CT molecular complexity index is 1030. The molecule has 0 amide bonds. The number of aryl methyl sites for hydroxylation is 1. The number of benzene rings is 1. The summed E-state index contributed by atoms with van der Waals surface area (Å²) in [7, 11) is 0. The van der Waals surface area contributed by atoms with Gasteiger partial charge >= 0.3 is 0 Å². The van der Waals surface area contributed by atoms with Crippen LogP contribution in [0.1, 0.15) is 30.3 Å². The van der Waals surface area contributed by atoms with Gasteiger partial charge in [0.25, 0.3) is 5.69 Å². The zero-order chi connectivity index (χ0) is 21.1. The molecule has 4 rings (SSSR count). The van der Waals surface area contributed by atoms with Crippen LogP contribution in [0.5, 0.6) is 0 Å². The monoisotopic (exact) mass is 424 g/mol. The molecule has 0 spiro atoms. The summed E-state index contributed by atoms with van der Waals surface area (Å²) < 4.78 is 0. The van der Waals surface area contributed by atoms with Crippen molar-refractivity contribution in [1.29, 1.82) is 0 Å². The van der Waals surface area contributed by atoms with Crippen molar-refractivity contribution in [2.24, 2.45) is 5.92 Å². The number of thiazole rings is 1. The van der Waals surface area contributed by atoms with E-state index in [1.807, 2.05) is 13.0 Å². The van der Waals surface area contributed by atoms with Gasteiger partial charge in [-0.3, -0.25) is 15.0 Å². The zero-order valence-electron chi connectivity index (χ0n) is 17.0. The van der Waals surface area contributed by atoms with Crippen molar-refractivity contribution in [2.45, 2.75) is 33.2 Å². The van der Waals surface area contributed by atoms with Gasteiger partial charge < -0.3 is 5.32 Å². The third-order valence-electron chi connectivity index (χ3n) is 5.39. The number of nitro benzene ring substituents is 1. The minimum atomic E-state index is -0.417. The fourth-order valence-electron chi connectivity index (χ4n) is 3.49. The number of nitrogens with one attached hydrogen (secondary N) is 1. The van der Waals surface area contributed by atoms with Crippen LogP contribution < -0.4 is 5.32 Å². The molecule has 0 unspecified atom stereocenters. The van der Waals surface area contributed by atoms with Crippen LogP contribution in [-0.4, -0.2) is 38.1 Å². The van der Waals surface area contributed by atoms with E-state index in [2.05, 4.69) is 32.3 Å². The smallest absolute Gasteiger partial charge is 0.270 e. The largest absolute Gasteiger partial charge is 0.315 e. The van der Waals surface area contributed by atoms with E-state index in [0.717, 1.165) is 36.4 Å². The molecule has 0 atom stereocenters. The van der Waals surface area contributed by atoms with Gasteiger partial charge in [0.1, 0.15) is 0 Å². The van der Waals surface area contributed by atoms with E-state index < -0.39 is 4.92 Å². The van der Waals surface area contributed by atoms with Crippen molar-refractivity contribution in [3.05, 3.63) is 57.1 Å². The second-order valence-electron chi connectivity index (χ2n) is 7.72. The first-order chi connectivity index (χ1) is 14.5. The van der Waals surface area contributed by atoms with E-state index in [0.29, 0.717) is 17.1 Å². The lowest BCUT2D eigenvalue weighted by atomic mass is 9.99. The molecule has 1 aliphatic rings. The minimum absolute atomic E-state index is 0.0328. The molecule has 1 aromatic carbocycles. The number of rotatable bonds is 6. The predicted octanol–water partition coefficient (Wildman–Crippen LogP) is 4.79. The fraction of sp³-hybridized carbons (Fsp3) is 0.381. The van der Waals surface area contributed by atoms with Crippen LogP contribution in [0.25, 0.3) is 11.3 Å². The molecule has 1 saturated heterocycles. The quantitative estimate of drug-likeness (QED) is 0.449. The Morgan fingerprint density at radius 2 is 2.03 bits per heavy atom. The Morgan fingerprint density at radius 1 is 1.23 bits per heavy atom. The maximum absolute atomic E-state index is 11.0. The van der Waals surface area contributed by atoms with Gasteiger partial charge in [0, 0.05) is 29.1 Å². The first kappa shape index (κ1) is 20.4. The molecule has 9 heteroatoms. The van der Waals surface area contributed by atoms with Crippen molar-refractivity contribution < 1.29 is 4.92 Å². The Balaban J connectivity index is 1.42. The number of likely N-dealkylation sites (tertiary alicyclic amines) is 1. The number of piperidine rings is 1. The van der Waals surface area contributed by atoms with Gasteiger partial charge in [-0.15, -0.1) is 21.5 Å². The second-order valence-corrected chi connectivity index (χ2v) is 8.81. The first-order valence-electron chi connectivity index (χ1n) is 10.0. The number of non-ortho nitro benzene ring substituents is 1. The van der Waals surface area contributed by atoms with Crippen LogP contribution in [0, 0.1) is 23.0 Å². The highest BCUT2D eigenvalue weighted by Crippen LogP contribution is 2.28.